The molecule has 0 aliphatic carbocycles. The van der Waals surface area contributed by atoms with Crippen molar-refractivity contribution >= 4 is 35.3 Å². The van der Waals surface area contributed by atoms with E-state index in [9.17, 15) is 4.79 Å². The van der Waals surface area contributed by atoms with E-state index in [-0.39, 0.29) is 6.61 Å². The largest absolute Gasteiger partial charge is 0.494 e. The fraction of sp³-hybridized carbons (Fsp3) is 0.148. The first-order valence-electron chi connectivity index (χ1n) is 11.3. The van der Waals surface area contributed by atoms with Crippen molar-refractivity contribution in [3.8, 4) is 28.4 Å². The van der Waals surface area contributed by atoms with Crippen LogP contribution in [-0.2, 0) is 4.79 Å². The van der Waals surface area contributed by atoms with Gasteiger partial charge in [-0.2, -0.15) is 10.2 Å². The number of halogens is 2. The van der Waals surface area contributed by atoms with Crippen LogP contribution in [0, 0.1) is 0 Å². The van der Waals surface area contributed by atoms with Gasteiger partial charge in [-0.3, -0.25) is 4.79 Å². The molecule has 0 fully saturated rings. The van der Waals surface area contributed by atoms with Crippen LogP contribution < -0.4 is 14.9 Å². The summed E-state index contributed by atoms with van der Waals surface area (Å²) >= 11 is 12.0. The number of benzene rings is 3. The Morgan fingerprint density at radius 1 is 1.06 bits per heavy atom. The van der Waals surface area contributed by atoms with Gasteiger partial charge in [0.1, 0.15) is 17.2 Å². The third-order valence-corrected chi connectivity index (χ3v) is 5.54. The number of carbonyl (C=O) groups is 1. The van der Waals surface area contributed by atoms with Crippen LogP contribution in [0.15, 0.2) is 84.1 Å². The Kier molecular flexibility index (Phi) is 8.60. The highest BCUT2D eigenvalue weighted by Gasteiger charge is 2.12. The van der Waals surface area contributed by atoms with E-state index in [1.54, 1.807) is 29.1 Å². The van der Waals surface area contributed by atoms with Crippen molar-refractivity contribution in [3.63, 3.8) is 0 Å². The number of carbonyl (C=O) groups excluding carboxylic acids is 1. The van der Waals surface area contributed by atoms with Crippen LogP contribution in [0.25, 0.3) is 16.9 Å². The molecule has 0 bridgehead atoms. The zero-order valence-electron chi connectivity index (χ0n) is 19.5. The van der Waals surface area contributed by atoms with Gasteiger partial charge in [0.05, 0.1) is 23.5 Å². The number of hydrogen-bond acceptors (Lipinski definition) is 5. The van der Waals surface area contributed by atoms with E-state index in [4.69, 9.17) is 37.8 Å². The summed E-state index contributed by atoms with van der Waals surface area (Å²) in [6.07, 6.45) is 4.34. The number of amides is 1. The predicted octanol–water partition coefficient (Wildman–Crippen LogP) is 6.16. The highest BCUT2D eigenvalue weighted by Crippen LogP contribution is 2.27. The minimum Gasteiger partial charge on any atom is -0.494 e. The lowest BCUT2D eigenvalue weighted by Gasteiger charge is -2.07. The first-order valence-corrected chi connectivity index (χ1v) is 12.1. The molecule has 4 aromatic rings. The highest BCUT2D eigenvalue weighted by molar-refractivity contribution is 6.35. The average molecular weight is 523 g/mol. The van der Waals surface area contributed by atoms with Gasteiger partial charge in [-0.15, -0.1) is 0 Å². The van der Waals surface area contributed by atoms with E-state index in [1.807, 2.05) is 60.8 Å². The molecule has 1 N–H and O–H groups in total. The highest BCUT2D eigenvalue weighted by atomic mass is 35.5. The van der Waals surface area contributed by atoms with Gasteiger partial charge >= 0.3 is 0 Å². The number of aromatic nitrogens is 2. The van der Waals surface area contributed by atoms with Gasteiger partial charge in [0.2, 0.25) is 0 Å². The van der Waals surface area contributed by atoms with Gasteiger partial charge in [0.15, 0.2) is 6.61 Å². The first-order chi connectivity index (χ1) is 17.5. The van der Waals surface area contributed by atoms with Gasteiger partial charge in [-0.05, 0) is 61.0 Å². The summed E-state index contributed by atoms with van der Waals surface area (Å²) < 4.78 is 12.9. The number of hydrazone groups is 1. The molecule has 184 valence electrons. The van der Waals surface area contributed by atoms with Crippen molar-refractivity contribution < 1.29 is 14.3 Å². The topological polar surface area (TPSA) is 77.7 Å². The van der Waals surface area contributed by atoms with Gasteiger partial charge < -0.3 is 9.47 Å². The number of ether oxygens (including phenoxy) is 2. The molecule has 1 heterocycles. The minimum absolute atomic E-state index is 0.256. The summed E-state index contributed by atoms with van der Waals surface area (Å²) in [6.45, 7) is 2.47. The van der Waals surface area contributed by atoms with E-state index in [1.165, 1.54) is 0 Å². The molecule has 0 aliphatic rings. The maximum atomic E-state index is 12.2. The molecule has 0 atom stereocenters. The molecule has 36 heavy (non-hydrogen) atoms. The van der Waals surface area contributed by atoms with Gasteiger partial charge in [0, 0.05) is 22.3 Å². The van der Waals surface area contributed by atoms with Crippen LogP contribution in [0.5, 0.6) is 11.5 Å². The van der Waals surface area contributed by atoms with Crippen molar-refractivity contribution in [3.05, 3.63) is 94.6 Å². The predicted molar refractivity (Wildman–Crippen MR) is 142 cm³/mol. The quantitative estimate of drug-likeness (QED) is 0.199. The zero-order chi connectivity index (χ0) is 25.3. The second kappa shape index (κ2) is 12.2. The van der Waals surface area contributed by atoms with Crippen LogP contribution >= 0.6 is 23.2 Å². The Hall–Kier alpha value is -3.81. The fourth-order valence-corrected chi connectivity index (χ4v) is 3.75. The molecule has 0 spiro atoms. The summed E-state index contributed by atoms with van der Waals surface area (Å²) in [4.78, 5) is 12.2. The lowest BCUT2D eigenvalue weighted by Crippen LogP contribution is -2.24. The van der Waals surface area contributed by atoms with Crippen molar-refractivity contribution in [2.24, 2.45) is 5.10 Å². The Bertz CT molecular complexity index is 1340. The van der Waals surface area contributed by atoms with E-state index in [0.29, 0.717) is 28.1 Å². The Morgan fingerprint density at radius 3 is 2.56 bits per heavy atom. The second-order valence-electron chi connectivity index (χ2n) is 7.74. The average Bonchev–Trinajstić information content (AvgIpc) is 3.32. The molecule has 0 saturated heterocycles. The standard InChI is InChI=1S/C27H24Cl2N4O3/c1-2-14-35-23-11-8-19(9-12-23)27-20(17-33(32-27)22-6-4-3-5-7-22)16-30-31-26(34)18-36-25-13-10-21(28)15-24(25)29/h3-13,15-17H,2,14,18H2,1H3,(H,31,34)/b30-16-. The summed E-state index contributed by atoms with van der Waals surface area (Å²) in [5.74, 6) is 0.719. The minimum atomic E-state index is -0.438. The molecule has 7 nitrogen and oxygen atoms in total. The molecule has 1 aromatic heterocycles. The van der Waals surface area contributed by atoms with E-state index in [0.717, 1.165) is 29.0 Å². The Balaban J connectivity index is 1.49. The van der Waals surface area contributed by atoms with Crippen molar-refractivity contribution in [1.29, 1.82) is 0 Å². The van der Waals surface area contributed by atoms with Gasteiger partial charge in [-0.25, -0.2) is 10.1 Å². The lowest BCUT2D eigenvalue weighted by molar-refractivity contribution is -0.123. The molecule has 0 radical (unpaired) electrons. The second-order valence-corrected chi connectivity index (χ2v) is 8.59. The smallest absolute Gasteiger partial charge is 0.277 e. The maximum Gasteiger partial charge on any atom is 0.277 e. The fourth-order valence-electron chi connectivity index (χ4n) is 3.29. The number of nitrogens with zero attached hydrogens (tertiary/aromatic N) is 3. The van der Waals surface area contributed by atoms with Crippen molar-refractivity contribution in [2.45, 2.75) is 13.3 Å². The Labute approximate surface area is 219 Å². The molecule has 0 saturated carbocycles. The summed E-state index contributed by atoms with van der Waals surface area (Å²) in [7, 11) is 0. The first kappa shape index (κ1) is 25.3. The van der Waals surface area contributed by atoms with Crippen molar-refractivity contribution in [1.82, 2.24) is 15.2 Å². The Morgan fingerprint density at radius 2 is 1.83 bits per heavy atom. The monoisotopic (exact) mass is 522 g/mol. The SMILES string of the molecule is CCCOc1ccc(-c2nn(-c3ccccc3)cc2/C=N\NC(=O)COc2ccc(Cl)cc2Cl)cc1. The third kappa shape index (κ3) is 6.65. The van der Waals surface area contributed by atoms with Gasteiger partial charge in [0.25, 0.3) is 5.91 Å². The zero-order valence-corrected chi connectivity index (χ0v) is 21.0. The van der Waals surface area contributed by atoms with E-state index in [2.05, 4.69) is 17.5 Å². The van der Waals surface area contributed by atoms with Crippen LogP contribution in [0.2, 0.25) is 10.0 Å². The molecule has 4 rings (SSSR count). The van der Waals surface area contributed by atoms with Gasteiger partial charge in [-0.1, -0.05) is 48.3 Å². The number of rotatable bonds is 10. The molecule has 3 aromatic carbocycles. The van der Waals surface area contributed by atoms with Crippen LogP contribution in [-0.4, -0.2) is 35.1 Å². The van der Waals surface area contributed by atoms with E-state index >= 15 is 0 Å². The summed E-state index contributed by atoms with van der Waals surface area (Å²) in [5.41, 5.74) is 5.70. The maximum absolute atomic E-state index is 12.2. The van der Waals surface area contributed by atoms with E-state index < -0.39 is 5.91 Å². The number of nitrogens with one attached hydrogen (secondary N) is 1. The summed E-state index contributed by atoms with van der Waals surface area (Å²) in [5, 5.41) is 9.66. The molecular formula is C27H24Cl2N4O3. The van der Waals surface area contributed by atoms with Crippen molar-refractivity contribution in [2.75, 3.05) is 13.2 Å². The number of para-hydroxylation sites is 1. The van der Waals surface area contributed by atoms with Crippen LogP contribution in [0.3, 0.4) is 0 Å². The molecular weight excluding hydrogens is 499 g/mol. The normalized spacial score (nSPS) is 11.0. The third-order valence-electron chi connectivity index (χ3n) is 5.01. The van der Waals surface area contributed by atoms with Crippen LogP contribution in [0.4, 0.5) is 0 Å². The number of hydrogen-bond donors (Lipinski definition) is 1. The lowest BCUT2D eigenvalue weighted by atomic mass is 10.1. The summed E-state index contributed by atoms with van der Waals surface area (Å²) in [6, 6.07) is 22.2. The molecule has 1 amide bonds. The molecule has 0 unspecified atom stereocenters. The molecule has 0 aliphatic heterocycles. The molecule has 9 heteroatoms. The van der Waals surface area contributed by atoms with Crippen LogP contribution in [0.1, 0.15) is 18.9 Å².